The Morgan fingerprint density at radius 1 is 1.25 bits per heavy atom. The molecule has 0 radical (unpaired) electrons. The molecule has 0 unspecified atom stereocenters. The van der Waals surface area contributed by atoms with E-state index in [1.807, 2.05) is 0 Å². The number of carbonyl (C=O) groups is 1. The Morgan fingerprint density at radius 3 is 2.50 bits per heavy atom. The summed E-state index contributed by atoms with van der Waals surface area (Å²) in [6, 6.07) is 6.75. The molecule has 0 atom stereocenters. The summed E-state index contributed by atoms with van der Waals surface area (Å²) >= 11 is 0. The number of anilines is 1. The van der Waals surface area contributed by atoms with E-state index < -0.39 is 11.8 Å². The van der Waals surface area contributed by atoms with Gasteiger partial charge in [0.05, 0.1) is 6.20 Å². The number of nitrogens with zero attached hydrogens (tertiary/aromatic N) is 2. The first-order valence-corrected chi connectivity index (χ1v) is 5.82. The van der Waals surface area contributed by atoms with Gasteiger partial charge in [0, 0.05) is 13.6 Å². The summed E-state index contributed by atoms with van der Waals surface area (Å²) in [5, 5.41) is 9.06. The lowest BCUT2D eigenvalue weighted by atomic mass is 10.2. The maximum Gasteiger partial charge on any atom is 0.339 e. The Balaban J connectivity index is 2.27. The van der Waals surface area contributed by atoms with Crippen LogP contribution in [-0.2, 0) is 6.54 Å². The van der Waals surface area contributed by atoms with Crippen molar-refractivity contribution in [2.75, 3.05) is 11.9 Å². The third-order valence-corrected chi connectivity index (χ3v) is 2.76. The van der Waals surface area contributed by atoms with E-state index in [1.54, 1.807) is 24.1 Å². The van der Waals surface area contributed by atoms with Crippen LogP contribution in [0, 0.1) is 11.6 Å². The molecular weight excluding hydrogens is 266 g/mol. The van der Waals surface area contributed by atoms with Crippen molar-refractivity contribution < 1.29 is 18.7 Å². The zero-order chi connectivity index (χ0) is 14.7. The fourth-order valence-corrected chi connectivity index (χ4v) is 1.83. The summed E-state index contributed by atoms with van der Waals surface area (Å²) in [5.41, 5.74) is 0.575. The lowest BCUT2D eigenvalue weighted by Gasteiger charge is -2.20. The van der Waals surface area contributed by atoms with E-state index in [1.165, 1.54) is 12.1 Å². The van der Waals surface area contributed by atoms with Crippen LogP contribution >= 0.6 is 0 Å². The van der Waals surface area contributed by atoms with Crippen LogP contribution in [0.4, 0.5) is 14.6 Å². The Kier molecular flexibility index (Phi) is 3.93. The second kappa shape index (κ2) is 5.64. The molecule has 0 bridgehead atoms. The molecule has 1 aromatic carbocycles. The fraction of sp³-hybridized carbons (Fsp3) is 0.143. The van der Waals surface area contributed by atoms with Gasteiger partial charge < -0.3 is 10.0 Å². The van der Waals surface area contributed by atoms with E-state index in [2.05, 4.69) is 4.98 Å². The van der Waals surface area contributed by atoms with Crippen molar-refractivity contribution in [1.82, 2.24) is 4.98 Å². The van der Waals surface area contributed by atoms with Crippen molar-refractivity contribution in [2.45, 2.75) is 6.54 Å². The van der Waals surface area contributed by atoms with Crippen molar-refractivity contribution in [3.05, 3.63) is 59.3 Å². The van der Waals surface area contributed by atoms with Gasteiger partial charge >= 0.3 is 5.97 Å². The number of hydrogen-bond acceptors (Lipinski definition) is 3. The van der Waals surface area contributed by atoms with Crippen LogP contribution in [0.5, 0.6) is 0 Å². The van der Waals surface area contributed by atoms with Gasteiger partial charge in [-0.05, 0) is 23.8 Å². The van der Waals surface area contributed by atoms with Crippen molar-refractivity contribution >= 4 is 11.8 Å². The first-order valence-electron chi connectivity index (χ1n) is 5.82. The normalized spacial score (nSPS) is 10.3. The SMILES string of the molecule is CN(Cc1ccc(F)cc1)c1ncc(F)cc1C(=O)O. The van der Waals surface area contributed by atoms with Gasteiger partial charge in [0.1, 0.15) is 23.0 Å². The number of aromatic carboxylic acids is 1. The number of halogens is 2. The monoisotopic (exact) mass is 278 g/mol. The van der Waals surface area contributed by atoms with E-state index in [0.29, 0.717) is 6.54 Å². The topological polar surface area (TPSA) is 53.4 Å². The maximum atomic E-state index is 13.1. The lowest BCUT2D eigenvalue weighted by molar-refractivity contribution is 0.0696. The smallest absolute Gasteiger partial charge is 0.339 e. The number of rotatable bonds is 4. The molecule has 1 N–H and O–H groups in total. The van der Waals surface area contributed by atoms with Crippen molar-refractivity contribution in [2.24, 2.45) is 0 Å². The predicted molar refractivity (Wildman–Crippen MR) is 69.7 cm³/mol. The average molecular weight is 278 g/mol. The predicted octanol–water partition coefficient (Wildman–Crippen LogP) is 2.69. The molecule has 20 heavy (non-hydrogen) atoms. The van der Waals surface area contributed by atoms with Gasteiger partial charge in [-0.25, -0.2) is 18.6 Å². The second-order valence-electron chi connectivity index (χ2n) is 4.31. The number of aromatic nitrogens is 1. The van der Waals surface area contributed by atoms with Gasteiger partial charge in [0.2, 0.25) is 0 Å². The van der Waals surface area contributed by atoms with Gasteiger partial charge in [-0.15, -0.1) is 0 Å². The molecule has 1 aromatic heterocycles. The third kappa shape index (κ3) is 3.09. The minimum Gasteiger partial charge on any atom is -0.478 e. The van der Waals surface area contributed by atoms with Crippen LogP contribution in [-0.4, -0.2) is 23.1 Å². The number of carboxylic acid groups (broad SMARTS) is 1. The van der Waals surface area contributed by atoms with Crippen molar-refractivity contribution in [1.29, 1.82) is 0 Å². The van der Waals surface area contributed by atoms with E-state index in [-0.39, 0.29) is 17.2 Å². The molecule has 0 amide bonds. The van der Waals surface area contributed by atoms with Crippen LogP contribution in [0.1, 0.15) is 15.9 Å². The molecule has 2 rings (SSSR count). The van der Waals surface area contributed by atoms with Gasteiger partial charge in [0.15, 0.2) is 0 Å². The van der Waals surface area contributed by atoms with Crippen LogP contribution in [0.25, 0.3) is 0 Å². The Hall–Kier alpha value is -2.50. The van der Waals surface area contributed by atoms with Crippen LogP contribution in [0.15, 0.2) is 36.5 Å². The number of carboxylic acids is 1. The zero-order valence-electron chi connectivity index (χ0n) is 10.7. The van der Waals surface area contributed by atoms with Gasteiger partial charge in [-0.1, -0.05) is 12.1 Å². The molecule has 0 aliphatic rings. The Morgan fingerprint density at radius 2 is 1.90 bits per heavy atom. The van der Waals surface area contributed by atoms with Crippen LogP contribution < -0.4 is 4.90 Å². The minimum absolute atomic E-state index is 0.156. The number of benzene rings is 1. The van der Waals surface area contributed by atoms with Crippen LogP contribution in [0.2, 0.25) is 0 Å². The van der Waals surface area contributed by atoms with E-state index in [0.717, 1.165) is 17.8 Å². The standard InChI is InChI=1S/C14H12F2N2O2/c1-18(8-9-2-4-10(15)5-3-9)13-12(14(19)20)6-11(16)7-17-13/h2-7H,8H2,1H3,(H,19,20). The number of pyridine rings is 1. The fourth-order valence-electron chi connectivity index (χ4n) is 1.83. The van der Waals surface area contributed by atoms with E-state index in [9.17, 15) is 13.6 Å². The van der Waals surface area contributed by atoms with Gasteiger partial charge in [0.25, 0.3) is 0 Å². The second-order valence-corrected chi connectivity index (χ2v) is 4.31. The Labute approximate surface area is 114 Å². The highest BCUT2D eigenvalue weighted by Gasteiger charge is 2.16. The van der Waals surface area contributed by atoms with E-state index >= 15 is 0 Å². The molecule has 0 fully saturated rings. The largest absolute Gasteiger partial charge is 0.478 e. The maximum absolute atomic E-state index is 13.1. The molecule has 104 valence electrons. The van der Waals surface area contributed by atoms with Gasteiger partial charge in [-0.2, -0.15) is 0 Å². The molecule has 2 aromatic rings. The highest BCUT2D eigenvalue weighted by molar-refractivity contribution is 5.93. The first kappa shape index (κ1) is 13.9. The zero-order valence-corrected chi connectivity index (χ0v) is 10.7. The molecule has 0 spiro atoms. The highest BCUT2D eigenvalue weighted by atomic mass is 19.1. The van der Waals surface area contributed by atoms with Crippen LogP contribution in [0.3, 0.4) is 0 Å². The quantitative estimate of drug-likeness (QED) is 0.934. The molecule has 0 saturated heterocycles. The molecule has 4 nitrogen and oxygen atoms in total. The minimum atomic E-state index is -1.25. The highest BCUT2D eigenvalue weighted by Crippen LogP contribution is 2.19. The summed E-state index contributed by atoms with van der Waals surface area (Å²) in [4.78, 5) is 16.5. The Bertz CT molecular complexity index is 630. The summed E-state index contributed by atoms with van der Waals surface area (Å²) in [7, 11) is 1.63. The number of hydrogen-bond donors (Lipinski definition) is 1. The lowest BCUT2D eigenvalue weighted by Crippen LogP contribution is -2.21. The summed E-state index contributed by atoms with van der Waals surface area (Å²) < 4.78 is 25.9. The molecule has 0 aliphatic carbocycles. The average Bonchev–Trinajstić information content (AvgIpc) is 2.41. The summed E-state index contributed by atoms with van der Waals surface area (Å²) in [5.74, 6) is -2.15. The first-order chi connectivity index (χ1) is 9.47. The summed E-state index contributed by atoms with van der Waals surface area (Å²) in [6.45, 7) is 0.333. The molecule has 0 saturated carbocycles. The van der Waals surface area contributed by atoms with Gasteiger partial charge in [-0.3, -0.25) is 0 Å². The molecule has 0 aliphatic heterocycles. The third-order valence-electron chi connectivity index (χ3n) is 2.76. The molecule has 6 heteroatoms. The summed E-state index contributed by atoms with van der Waals surface area (Å²) in [6.07, 6.45) is 0.961. The van der Waals surface area contributed by atoms with Crippen molar-refractivity contribution in [3.63, 3.8) is 0 Å². The molecular formula is C14H12F2N2O2. The van der Waals surface area contributed by atoms with E-state index in [4.69, 9.17) is 5.11 Å². The van der Waals surface area contributed by atoms with Crippen molar-refractivity contribution in [3.8, 4) is 0 Å². The molecule has 1 heterocycles.